The summed E-state index contributed by atoms with van der Waals surface area (Å²) in [5.74, 6) is 0. The summed E-state index contributed by atoms with van der Waals surface area (Å²) in [7, 11) is 0. The minimum atomic E-state index is 0. The van der Waals surface area contributed by atoms with E-state index in [9.17, 15) is 0 Å². The molecule has 0 saturated heterocycles. The van der Waals surface area contributed by atoms with Gasteiger partial charge in [-0.15, -0.1) is 0 Å². The van der Waals surface area contributed by atoms with E-state index < -0.39 is 0 Å². The van der Waals surface area contributed by atoms with Crippen molar-refractivity contribution in [1.82, 2.24) is 0 Å². The topological polar surface area (TPSA) is 0 Å². The van der Waals surface area contributed by atoms with Gasteiger partial charge in [0.15, 0.2) is 0 Å². The van der Waals surface area contributed by atoms with Crippen LogP contribution in [0.15, 0.2) is 0 Å². The first kappa shape index (κ1) is 9.85. The van der Waals surface area contributed by atoms with E-state index in [1.807, 2.05) is 0 Å². The predicted molar refractivity (Wildman–Crippen MR) is 24.8 cm³/mol. The van der Waals surface area contributed by atoms with E-state index in [4.69, 9.17) is 0 Å². The SMILES string of the molecule is [CH2-]C(C)(C)C.[Mo]. The fraction of sp³-hybridized carbons (Fsp3) is 0.800. The Morgan fingerprint density at radius 3 is 1.17 bits per heavy atom. The van der Waals surface area contributed by atoms with E-state index in [0.717, 1.165) is 0 Å². The molecule has 0 aliphatic rings. The van der Waals surface area contributed by atoms with Crippen LogP contribution in [-0.2, 0) is 21.1 Å². The summed E-state index contributed by atoms with van der Waals surface area (Å²) >= 11 is 0. The zero-order chi connectivity index (χ0) is 4.50. The van der Waals surface area contributed by atoms with Gasteiger partial charge in [0.1, 0.15) is 0 Å². The molecule has 0 fully saturated rings. The average molecular weight is 167 g/mol. The van der Waals surface area contributed by atoms with Crippen LogP contribution in [0.4, 0.5) is 0 Å². The summed E-state index contributed by atoms with van der Waals surface area (Å²) in [6.45, 7) is 10.0. The fourth-order valence-corrected chi connectivity index (χ4v) is 0. The van der Waals surface area contributed by atoms with Crippen molar-refractivity contribution in [3.05, 3.63) is 6.92 Å². The summed E-state index contributed by atoms with van der Waals surface area (Å²) in [5, 5.41) is 0. The molecule has 0 aliphatic carbocycles. The molecular formula is C5H11Mo-. The van der Waals surface area contributed by atoms with Crippen LogP contribution < -0.4 is 0 Å². The van der Waals surface area contributed by atoms with Gasteiger partial charge in [-0.1, -0.05) is 20.8 Å². The second-order valence-electron chi connectivity index (χ2n) is 2.56. The molecule has 0 heterocycles. The molecule has 0 nitrogen and oxygen atoms in total. The van der Waals surface area contributed by atoms with Crippen LogP contribution in [0.2, 0.25) is 0 Å². The quantitative estimate of drug-likeness (QED) is 0.381. The Kier molecular flexibility index (Phi) is 4.59. The van der Waals surface area contributed by atoms with Gasteiger partial charge in [-0.25, -0.2) is 0 Å². The zero-order valence-electron chi connectivity index (χ0n) is 4.62. The van der Waals surface area contributed by atoms with Crippen LogP contribution in [0.25, 0.3) is 0 Å². The van der Waals surface area contributed by atoms with E-state index in [1.54, 1.807) is 0 Å². The predicted octanol–water partition coefficient (Wildman–Crippen LogP) is 1.86. The van der Waals surface area contributed by atoms with Crippen molar-refractivity contribution >= 4 is 0 Å². The summed E-state index contributed by atoms with van der Waals surface area (Å²) in [6.07, 6.45) is 0. The molecular weight excluding hydrogens is 156 g/mol. The molecule has 0 amide bonds. The standard InChI is InChI=1S/C5H11.Mo/c1-5(2,3)4;/h1H2,2-4H3;/q-1;. The molecule has 0 radical (unpaired) electrons. The van der Waals surface area contributed by atoms with Crippen LogP contribution in [0.5, 0.6) is 0 Å². The summed E-state index contributed by atoms with van der Waals surface area (Å²) in [4.78, 5) is 0. The Morgan fingerprint density at radius 1 is 1.17 bits per heavy atom. The van der Waals surface area contributed by atoms with Crippen LogP contribution in [0.1, 0.15) is 20.8 Å². The Bertz CT molecular complexity index is 19.4. The van der Waals surface area contributed by atoms with Crippen molar-refractivity contribution in [2.24, 2.45) is 5.41 Å². The molecule has 0 N–H and O–H groups in total. The van der Waals surface area contributed by atoms with E-state index in [2.05, 4.69) is 27.7 Å². The molecule has 1 heteroatoms. The first-order chi connectivity index (χ1) is 2.00. The summed E-state index contributed by atoms with van der Waals surface area (Å²) in [5.41, 5.74) is 0.250. The third-order valence-electron chi connectivity index (χ3n) is 0. The smallest absolute Gasteiger partial charge is 0 e. The van der Waals surface area contributed by atoms with Gasteiger partial charge >= 0.3 is 0 Å². The summed E-state index contributed by atoms with van der Waals surface area (Å²) < 4.78 is 0. The van der Waals surface area contributed by atoms with Gasteiger partial charge in [0.2, 0.25) is 0 Å². The van der Waals surface area contributed by atoms with Gasteiger partial charge in [0.25, 0.3) is 0 Å². The van der Waals surface area contributed by atoms with Gasteiger partial charge in [0, 0.05) is 21.1 Å². The number of hydrogen-bond acceptors (Lipinski definition) is 0. The average Bonchev–Trinajstić information content (AvgIpc) is 0.722. The van der Waals surface area contributed by atoms with E-state index >= 15 is 0 Å². The molecule has 0 aliphatic heterocycles. The first-order valence-corrected chi connectivity index (χ1v) is 1.85. The third kappa shape index (κ3) is 135. The molecule has 0 unspecified atom stereocenters. The number of rotatable bonds is 0. The monoisotopic (exact) mass is 169 g/mol. The second-order valence-corrected chi connectivity index (χ2v) is 2.56. The Labute approximate surface area is 54.6 Å². The normalized spacial score (nSPS) is 10.0. The van der Waals surface area contributed by atoms with Crippen LogP contribution in [-0.4, -0.2) is 0 Å². The zero-order valence-corrected chi connectivity index (χ0v) is 6.62. The van der Waals surface area contributed by atoms with Gasteiger partial charge in [-0.2, -0.15) is 5.41 Å². The van der Waals surface area contributed by atoms with E-state index in [-0.39, 0.29) is 26.5 Å². The van der Waals surface area contributed by atoms with E-state index in [1.165, 1.54) is 0 Å². The van der Waals surface area contributed by atoms with Crippen molar-refractivity contribution in [2.75, 3.05) is 0 Å². The maximum atomic E-state index is 3.77. The van der Waals surface area contributed by atoms with Crippen molar-refractivity contribution in [3.8, 4) is 0 Å². The molecule has 0 aromatic rings. The van der Waals surface area contributed by atoms with Crippen molar-refractivity contribution < 1.29 is 21.1 Å². The largest absolute Gasteiger partial charge is 0.338 e. The molecule has 6 heavy (non-hydrogen) atoms. The minimum absolute atomic E-state index is 0. The Morgan fingerprint density at radius 2 is 1.17 bits per heavy atom. The molecule has 0 atom stereocenters. The Balaban J connectivity index is 0. The van der Waals surface area contributed by atoms with Crippen LogP contribution in [0.3, 0.4) is 0 Å². The molecule has 0 bridgehead atoms. The molecule has 0 saturated carbocycles. The maximum Gasteiger partial charge on any atom is 0 e. The maximum absolute atomic E-state index is 3.77. The van der Waals surface area contributed by atoms with Crippen LogP contribution in [0, 0.1) is 12.3 Å². The first-order valence-electron chi connectivity index (χ1n) is 1.85. The van der Waals surface area contributed by atoms with Crippen molar-refractivity contribution in [1.29, 1.82) is 0 Å². The Hall–Kier alpha value is 0.688. The molecule has 0 rings (SSSR count). The van der Waals surface area contributed by atoms with Gasteiger partial charge in [0.05, 0.1) is 0 Å². The molecule has 38 valence electrons. The third-order valence-corrected chi connectivity index (χ3v) is 0. The van der Waals surface area contributed by atoms with Gasteiger partial charge in [-0.3, -0.25) is 0 Å². The molecule has 0 aromatic heterocycles. The fourth-order valence-electron chi connectivity index (χ4n) is 0. The van der Waals surface area contributed by atoms with E-state index in [0.29, 0.717) is 0 Å². The van der Waals surface area contributed by atoms with Gasteiger partial charge in [-0.05, 0) is 0 Å². The second kappa shape index (κ2) is 2.80. The van der Waals surface area contributed by atoms with Crippen molar-refractivity contribution in [2.45, 2.75) is 20.8 Å². The molecule has 0 aromatic carbocycles. The summed E-state index contributed by atoms with van der Waals surface area (Å²) in [6, 6.07) is 0. The molecule has 0 spiro atoms. The minimum Gasteiger partial charge on any atom is -0.338 e. The van der Waals surface area contributed by atoms with Crippen LogP contribution >= 0.6 is 0 Å². The van der Waals surface area contributed by atoms with Crippen molar-refractivity contribution in [3.63, 3.8) is 0 Å². The van der Waals surface area contributed by atoms with Gasteiger partial charge < -0.3 is 6.92 Å². The number of hydrogen-bond donors (Lipinski definition) is 0.